The first kappa shape index (κ1) is 18.8. The summed E-state index contributed by atoms with van der Waals surface area (Å²) in [5.41, 5.74) is 8.59. The number of hydrogen-bond donors (Lipinski definition) is 3. The molecule has 0 aliphatic carbocycles. The molecule has 8 nitrogen and oxygen atoms in total. The van der Waals surface area contributed by atoms with E-state index in [1.54, 1.807) is 39.0 Å². The number of carbonyl (C=O) groups excluding carboxylic acids is 1. The molecule has 0 bridgehead atoms. The number of aliphatic hydroxyl groups is 2. The fourth-order valence-electron chi connectivity index (χ4n) is 1.84. The number of nitrogens with one attached hydrogen (secondary N) is 1. The van der Waals surface area contributed by atoms with Gasteiger partial charge in [0.1, 0.15) is 11.7 Å². The molecule has 0 spiro atoms. The molecule has 0 aliphatic heterocycles. The number of rotatable bonds is 6. The first-order valence-corrected chi connectivity index (χ1v) is 7.21. The van der Waals surface area contributed by atoms with Crippen LogP contribution in [-0.4, -0.2) is 34.6 Å². The molecule has 23 heavy (non-hydrogen) atoms. The van der Waals surface area contributed by atoms with Crippen LogP contribution in [0, 0.1) is 0 Å². The van der Waals surface area contributed by atoms with Crippen LogP contribution in [0.2, 0.25) is 0 Å². The Kier molecular flexibility index (Phi) is 6.84. The number of benzene rings is 1. The summed E-state index contributed by atoms with van der Waals surface area (Å²) in [7, 11) is 0. The van der Waals surface area contributed by atoms with Gasteiger partial charge in [0, 0.05) is 17.1 Å². The number of hydrogen-bond acceptors (Lipinski definition) is 5. The maximum absolute atomic E-state index is 11.5. The Morgan fingerprint density at radius 2 is 2.13 bits per heavy atom. The summed E-state index contributed by atoms with van der Waals surface area (Å²) in [6.45, 7) is 5.41. The van der Waals surface area contributed by atoms with Gasteiger partial charge in [-0.05, 0) is 44.4 Å². The van der Waals surface area contributed by atoms with Crippen LogP contribution in [0.25, 0.3) is 10.4 Å². The third kappa shape index (κ3) is 7.01. The quantitative estimate of drug-likeness (QED) is 0.422. The van der Waals surface area contributed by atoms with Crippen molar-refractivity contribution in [2.24, 2.45) is 5.11 Å². The van der Waals surface area contributed by atoms with E-state index >= 15 is 0 Å². The number of aliphatic hydroxyl groups excluding tert-OH is 2. The number of carbonyl (C=O) groups is 1. The van der Waals surface area contributed by atoms with Gasteiger partial charge in [-0.3, -0.25) is 0 Å². The number of azide groups is 1. The van der Waals surface area contributed by atoms with Crippen molar-refractivity contribution < 1.29 is 19.7 Å². The van der Waals surface area contributed by atoms with Gasteiger partial charge in [-0.15, -0.1) is 0 Å². The van der Waals surface area contributed by atoms with Crippen molar-refractivity contribution in [1.29, 1.82) is 0 Å². The minimum atomic E-state index is -1.15. The Hall–Kier alpha value is -2.28. The lowest BCUT2D eigenvalue weighted by molar-refractivity contribution is 0.0123. The summed E-state index contributed by atoms with van der Waals surface area (Å²) >= 11 is 0. The van der Waals surface area contributed by atoms with Crippen LogP contribution in [0.4, 0.5) is 10.5 Å². The zero-order chi connectivity index (χ0) is 17.5. The molecule has 0 heterocycles. The molecule has 0 saturated carbocycles. The van der Waals surface area contributed by atoms with E-state index in [1.807, 2.05) is 0 Å². The first-order valence-electron chi connectivity index (χ1n) is 7.21. The molecule has 2 unspecified atom stereocenters. The lowest BCUT2D eigenvalue weighted by Gasteiger charge is -2.21. The lowest BCUT2D eigenvalue weighted by atomic mass is 10.0. The second-order valence-electron chi connectivity index (χ2n) is 6.01. The molecule has 1 amide bonds. The maximum Gasteiger partial charge on any atom is 0.407 e. The summed E-state index contributed by atoms with van der Waals surface area (Å²) < 4.78 is 5.07. The third-order valence-electron chi connectivity index (χ3n) is 2.84. The molecule has 2 atom stereocenters. The Morgan fingerprint density at radius 3 is 2.74 bits per heavy atom. The van der Waals surface area contributed by atoms with Crippen molar-refractivity contribution in [2.75, 3.05) is 6.54 Å². The number of ether oxygens (including phenoxy) is 1. The lowest BCUT2D eigenvalue weighted by Crippen LogP contribution is -2.34. The highest BCUT2D eigenvalue weighted by Crippen LogP contribution is 2.23. The van der Waals surface area contributed by atoms with Gasteiger partial charge >= 0.3 is 6.09 Å². The minimum Gasteiger partial charge on any atom is -0.444 e. The largest absolute Gasteiger partial charge is 0.444 e. The smallest absolute Gasteiger partial charge is 0.407 e. The second-order valence-corrected chi connectivity index (χ2v) is 6.01. The summed E-state index contributed by atoms with van der Waals surface area (Å²) in [4.78, 5) is 14.1. The maximum atomic E-state index is 11.5. The Labute approximate surface area is 134 Å². The van der Waals surface area contributed by atoms with Crippen LogP contribution >= 0.6 is 0 Å². The van der Waals surface area contributed by atoms with E-state index in [4.69, 9.17) is 10.3 Å². The van der Waals surface area contributed by atoms with E-state index in [1.165, 1.54) is 6.07 Å². The topological polar surface area (TPSA) is 128 Å². The summed E-state index contributed by atoms with van der Waals surface area (Å²) in [6, 6.07) is 6.32. The molecule has 1 aromatic rings. The van der Waals surface area contributed by atoms with Crippen molar-refractivity contribution in [2.45, 2.75) is 45.0 Å². The van der Waals surface area contributed by atoms with Gasteiger partial charge in [0.15, 0.2) is 0 Å². The predicted octanol–water partition coefficient (Wildman–Crippen LogP) is 2.94. The normalized spacial score (nSPS) is 13.6. The Morgan fingerprint density at radius 1 is 1.43 bits per heavy atom. The summed E-state index contributed by atoms with van der Waals surface area (Å²) in [6.07, 6.45) is -2.66. The fraction of sp³-hybridized carbons (Fsp3) is 0.533. The van der Waals surface area contributed by atoms with E-state index in [0.717, 1.165) is 0 Å². The Balaban J connectivity index is 2.51. The first-order chi connectivity index (χ1) is 10.7. The van der Waals surface area contributed by atoms with E-state index < -0.39 is 23.9 Å². The summed E-state index contributed by atoms with van der Waals surface area (Å²) in [5.74, 6) is 0. The molecule has 0 fully saturated rings. The van der Waals surface area contributed by atoms with Gasteiger partial charge in [-0.2, -0.15) is 0 Å². The van der Waals surface area contributed by atoms with Crippen LogP contribution in [0.3, 0.4) is 0 Å². The monoisotopic (exact) mass is 322 g/mol. The molecule has 126 valence electrons. The molecule has 0 saturated heterocycles. The number of amides is 1. The molecule has 3 N–H and O–H groups in total. The average molecular weight is 322 g/mol. The fourth-order valence-corrected chi connectivity index (χ4v) is 1.84. The van der Waals surface area contributed by atoms with E-state index in [0.29, 0.717) is 11.3 Å². The molecule has 0 aromatic heterocycles. The molecular weight excluding hydrogens is 300 g/mol. The molecule has 0 radical (unpaired) electrons. The molecular formula is C15H22N4O4. The summed E-state index contributed by atoms with van der Waals surface area (Å²) in [5, 5.41) is 26.0. The van der Waals surface area contributed by atoms with E-state index in [9.17, 15) is 15.0 Å². The highest BCUT2D eigenvalue weighted by molar-refractivity contribution is 5.67. The molecule has 1 aromatic carbocycles. The standard InChI is InChI=1S/C15H22N4O4/c1-15(2,3)23-14(22)17-8-7-12(20)13(21)10-5-4-6-11(9-10)18-19-16/h4-6,9,12-13,20-21H,7-8H2,1-3H3,(H,17,22). The van der Waals surface area contributed by atoms with Gasteiger partial charge in [0.25, 0.3) is 0 Å². The highest BCUT2D eigenvalue weighted by atomic mass is 16.6. The van der Waals surface area contributed by atoms with Crippen molar-refractivity contribution in [3.05, 3.63) is 40.3 Å². The zero-order valence-electron chi connectivity index (χ0n) is 13.4. The van der Waals surface area contributed by atoms with Gasteiger partial charge in [0.05, 0.1) is 6.10 Å². The number of alkyl carbamates (subject to hydrolysis) is 1. The number of nitrogens with zero attached hydrogens (tertiary/aromatic N) is 3. The van der Waals surface area contributed by atoms with Crippen LogP contribution in [-0.2, 0) is 4.74 Å². The third-order valence-corrected chi connectivity index (χ3v) is 2.84. The molecule has 8 heteroatoms. The minimum absolute atomic E-state index is 0.145. The predicted molar refractivity (Wildman–Crippen MR) is 85.1 cm³/mol. The van der Waals surface area contributed by atoms with Crippen molar-refractivity contribution in [3.8, 4) is 0 Å². The van der Waals surface area contributed by atoms with Crippen molar-refractivity contribution in [3.63, 3.8) is 0 Å². The van der Waals surface area contributed by atoms with Gasteiger partial charge < -0.3 is 20.3 Å². The van der Waals surface area contributed by atoms with Crippen LogP contribution < -0.4 is 5.32 Å². The molecule has 1 rings (SSSR count). The second kappa shape index (κ2) is 8.38. The Bertz CT molecular complexity index is 579. The van der Waals surface area contributed by atoms with Gasteiger partial charge in [-0.25, -0.2) is 4.79 Å². The van der Waals surface area contributed by atoms with Gasteiger partial charge in [0.2, 0.25) is 0 Å². The average Bonchev–Trinajstić information content (AvgIpc) is 2.45. The van der Waals surface area contributed by atoms with Crippen LogP contribution in [0.15, 0.2) is 29.4 Å². The van der Waals surface area contributed by atoms with Crippen LogP contribution in [0.5, 0.6) is 0 Å². The van der Waals surface area contributed by atoms with E-state index in [2.05, 4.69) is 15.3 Å². The van der Waals surface area contributed by atoms with Gasteiger partial charge in [-0.1, -0.05) is 23.3 Å². The highest BCUT2D eigenvalue weighted by Gasteiger charge is 2.20. The van der Waals surface area contributed by atoms with E-state index in [-0.39, 0.29) is 13.0 Å². The van der Waals surface area contributed by atoms with Crippen LogP contribution in [0.1, 0.15) is 38.9 Å². The zero-order valence-corrected chi connectivity index (χ0v) is 13.4. The van der Waals surface area contributed by atoms with Crippen molar-refractivity contribution >= 4 is 11.8 Å². The SMILES string of the molecule is CC(C)(C)OC(=O)NCCC(O)C(O)c1cccc(N=[N+]=[N-])c1. The molecule has 0 aliphatic rings. The van der Waals surface area contributed by atoms with Crippen molar-refractivity contribution in [1.82, 2.24) is 5.32 Å².